The van der Waals surface area contributed by atoms with Crippen LogP contribution in [-0.4, -0.2) is 34.9 Å². The van der Waals surface area contributed by atoms with Crippen molar-refractivity contribution in [3.05, 3.63) is 101 Å². The van der Waals surface area contributed by atoms with Gasteiger partial charge in [0.05, 0.1) is 24.8 Å². The molecule has 0 saturated carbocycles. The number of hydrogen-bond donors (Lipinski definition) is 1. The molecule has 6 heteroatoms. The summed E-state index contributed by atoms with van der Waals surface area (Å²) in [6.07, 6.45) is 0.882. The van der Waals surface area contributed by atoms with Crippen LogP contribution < -0.4 is 9.47 Å². The van der Waals surface area contributed by atoms with E-state index < -0.39 is 17.7 Å². The Morgan fingerprint density at radius 2 is 1.44 bits per heavy atom. The van der Waals surface area contributed by atoms with Gasteiger partial charge in [-0.15, -0.1) is 0 Å². The highest BCUT2D eigenvalue weighted by Gasteiger charge is 2.46. The van der Waals surface area contributed by atoms with Crippen LogP contribution in [0.25, 0.3) is 5.76 Å². The zero-order valence-electron chi connectivity index (χ0n) is 23.4. The van der Waals surface area contributed by atoms with Gasteiger partial charge in [-0.3, -0.25) is 9.59 Å². The number of hydrogen-bond acceptors (Lipinski definition) is 5. The van der Waals surface area contributed by atoms with E-state index in [2.05, 4.69) is 20.8 Å². The van der Waals surface area contributed by atoms with Gasteiger partial charge in [0.1, 0.15) is 17.3 Å². The molecule has 3 aromatic carbocycles. The number of amides is 1. The summed E-state index contributed by atoms with van der Waals surface area (Å²) < 4.78 is 11.2. The Kier molecular flexibility index (Phi) is 8.44. The molecular formula is C33H37NO5. The second-order valence-electron chi connectivity index (χ2n) is 10.7. The van der Waals surface area contributed by atoms with Crippen LogP contribution in [-0.2, 0) is 21.5 Å². The molecule has 3 aromatic rings. The molecule has 1 aliphatic heterocycles. The van der Waals surface area contributed by atoms with Crippen LogP contribution in [0.15, 0.2) is 78.4 Å². The Balaban J connectivity index is 1.76. The Morgan fingerprint density at radius 1 is 0.846 bits per heavy atom. The van der Waals surface area contributed by atoms with Crippen LogP contribution in [0.4, 0.5) is 0 Å². The summed E-state index contributed by atoms with van der Waals surface area (Å²) >= 11 is 0. The summed E-state index contributed by atoms with van der Waals surface area (Å²) in [5.74, 6) is -0.120. The normalized spacial score (nSPS) is 16.9. The van der Waals surface area contributed by atoms with Crippen molar-refractivity contribution >= 4 is 17.4 Å². The first kappa shape index (κ1) is 28.0. The fourth-order valence-electron chi connectivity index (χ4n) is 4.69. The minimum absolute atomic E-state index is 0.0513. The SMILES string of the molecule is CCCOc1ccc(/C(O)=C2/C(=O)C(=O)N(Cc3ccc(OCC)cc3)C2c2ccc(C(C)(C)C)cc2)cc1. The predicted molar refractivity (Wildman–Crippen MR) is 153 cm³/mol. The first-order valence-corrected chi connectivity index (χ1v) is 13.5. The van der Waals surface area contributed by atoms with Crippen molar-refractivity contribution in [2.75, 3.05) is 13.2 Å². The minimum atomic E-state index is -0.735. The van der Waals surface area contributed by atoms with E-state index in [4.69, 9.17) is 9.47 Å². The molecule has 1 N–H and O–H groups in total. The fraction of sp³-hybridized carbons (Fsp3) is 0.333. The lowest BCUT2D eigenvalue weighted by atomic mass is 9.85. The molecule has 1 heterocycles. The molecule has 0 spiro atoms. The van der Waals surface area contributed by atoms with Gasteiger partial charge >= 0.3 is 0 Å². The number of ether oxygens (including phenoxy) is 2. The standard InChI is InChI=1S/C33H37NO5/c1-6-20-39-27-18-12-24(13-19-27)30(35)28-29(23-10-14-25(15-11-23)33(3,4)5)34(32(37)31(28)36)21-22-8-16-26(17-9-22)38-7-2/h8-19,29,35H,6-7,20-21H2,1-5H3/b30-28-. The summed E-state index contributed by atoms with van der Waals surface area (Å²) in [7, 11) is 0. The van der Waals surface area contributed by atoms with Crippen molar-refractivity contribution in [2.24, 2.45) is 0 Å². The van der Waals surface area contributed by atoms with Crippen LogP contribution in [0.5, 0.6) is 11.5 Å². The number of aliphatic hydroxyl groups is 1. The van der Waals surface area contributed by atoms with Gasteiger partial charge in [0.2, 0.25) is 0 Å². The van der Waals surface area contributed by atoms with Gasteiger partial charge in [0.15, 0.2) is 0 Å². The van der Waals surface area contributed by atoms with Gasteiger partial charge < -0.3 is 19.5 Å². The monoisotopic (exact) mass is 527 g/mol. The maximum Gasteiger partial charge on any atom is 0.295 e. The number of nitrogens with zero attached hydrogens (tertiary/aromatic N) is 1. The van der Waals surface area contributed by atoms with E-state index in [0.29, 0.717) is 24.5 Å². The zero-order valence-corrected chi connectivity index (χ0v) is 23.4. The highest BCUT2D eigenvalue weighted by Crippen LogP contribution is 2.41. The van der Waals surface area contributed by atoms with Crippen molar-refractivity contribution in [3.63, 3.8) is 0 Å². The molecule has 39 heavy (non-hydrogen) atoms. The molecule has 1 saturated heterocycles. The zero-order chi connectivity index (χ0) is 28.2. The van der Waals surface area contributed by atoms with Gasteiger partial charge in [-0.25, -0.2) is 0 Å². The van der Waals surface area contributed by atoms with E-state index in [1.54, 1.807) is 24.3 Å². The van der Waals surface area contributed by atoms with Crippen molar-refractivity contribution in [1.29, 1.82) is 0 Å². The summed E-state index contributed by atoms with van der Waals surface area (Å²) in [6, 6.07) is 21.6. The quantitative estimate of drug-likeness (QED) is 0.188. The molecule has 0 radical (unpaired) electrons. The Bertz CT molecular complexity index is 1330. The molecule has 1 atom stereocenters. The van der Waals surface area contributed by atoms with Crippen molar-refractivity contribution in [2.45, 2.75) is 59.0 Å². The second-order valence-corrected chi connectivity index (χ2v) is 10.7. The highest BCUT2D eigenvalue weighted by molar-refractivity contribution is 6.46. The third-order valence-electron chi connectivity index (χ3n) is 6.82. The molecule has 1 fully saturated rings. The number of benzene rings is 3. The minimum Gasteiger partial charge on any atom is -0.507 e. The van der Waals surface area contributed by atoms with Crippen LogP contribution in [0, 0.1) is 0 Å². The summed E-state index contributed by atoms with van der Waals surface area (Å²) in [5.41, 5.74) is 3.24. The van der Waals surface area contributed by atoms with Crippen LogP contribution >= 0.6 is 0 Å². The molecule has 0 aliphatic carbocycles. The first-order valence-electron chi connectivity index (χ1n) is 13.5. The van der Waals surface area contributed by atoms with Crippen LogP contribution in [0.3, 0.4) is 0 Å². The second kappa shape index (κ2) is 11.8. The van der Waals surface area contributed by atoms with E-state index in [-0.39, 0.29) is 23.3 Å². The third kappa shape index (κ3) is 6.17. The van der Waals surface area contributed by atoms with E-state index in [1.807, 2.05) is 62.4 Å². The van der Waals surface area contributed by atoms with Crippen molar-refractivity contribution in [1.82, 2.24) is 4.90 Å². The largest absolute Gasteiger partial charge is 0.507 e. The number of carbonyl (C=O) groups excluding carboxylic acids is 2. The van der Waals surface area contributed by atoms with Gasteiger partial charge in [-0.1, -0.05) is 64.1 Å². The summed E-state index contributed by atoms with van der Waals surface area (Å²) in [4.78, 5) is 28.4. The Morgan fingerprint density at radius 3 is 2.00 bits per heavy atom. The molecule has 1 aliphatic rings. The number of carbonyl (C=O) groups is 2. The molecule has 4 rings (SSSR count). The number of ketones is 1. The molecule has 1 unspecified atom stereocenters. The topological polar surface area (TPSA) is 76.1 Å². The molecular weight excluding hydrogens is 490 g/mol. The third-order valence-corrected chi connectivity index (χ3v) is 6.82. The van der Waals surface area contributed by atoms with Crippen molar-refractivity contribution < 1.29 is 24.2 Å². The fourth-order valence-corrected chi connectivity index (χ4v) is 4.69. The molecule has 0 aromatic heterocycles. The molecule has 204 valence electrons. The maximum absolute atomic E-state index is 13.4. The summed E-state index contributed by atoms with van der Waals surface area (Å²) in [6.45, 7) is 11.7. The predicted octanol–water partition coefficient (Wildman–Crippen LogP) is 6.79. The van der Waals surface area contributed by atoms with Gasteiger partial charge in [-0.05, 0) is 71.8 Å². The van der Waals surface area contributed by atoms with E-state index in [0.717, 1.165) is 28.9 Å². The smallest absolute Gasteiger partial charge is 0.295 e. The average molecular weight is 528 g/mol. The lowest BCUT2D eigenvalue weighted by Crippen LogP contribution is -2.29. The van der Waals surface area contributed by atoms with Gasteiger partial charge in [0.25, 0.3) is 11.7 Å². The number of aliphatic hydroxyl groups excluding tert-OH is 1. The molecule has 6 nitrogen and oxygen atoms in total. The number of likely N-dealkylation sites (tertiary alicyclic amines) is 1. The van der Waals surface area contributed by atoms with E-state index >= 15 is 0 Å². The molecule has 1 amide bonds. The molecule has 0 bridgehead atoms. The lowest BCUT2D eigenvalue weighted by Gasteiger charge is -2.26. The number of rotatable bonds is 9. The highest BCUT2D eigenvalue weighted by atomic mass is 16.5. The van der Waals surface area contributed by atoms with Crippen molar-refractivity contribution in [3.8, 4) is 11.5 Å². The maximum atomic E-state index is 13.4. The average Bonchev–Trinajstić information content (AvgIpc) is 3.17. The van der Waals surface area contributed by atoms with Gasteiger partial charge in [0, 0.05) is 12.1 Å². The lowest BCUT2D eigenvalue weighted by molar-refractivity contribution is -0.140. The number of Topliss-reactive ketones (excluding diaryl/α,β-unsaturated/α-hetero) is 1. The van der Waals surface area contributed by atoms with Crippen LogP contribution in [0.2, 0.25) is 0 Å². The first-order chi connectivity index (χ1) is 18.6. The van der Waals surface area contributed by atoms with Crippen LogP contribution in [0.1, 0.15) is 69.3 Å². The Hall–Kier alpha value is -4.06. The van der Waals surface area contributed by atoms with E-state index in [9.17, 15) is 14.7 Å². The van der Waals surface area contributed by atoms with E-state index in [1.165, 1.54) is 4.90 Å². The van der Waals surface area contributed by atoms with Gasteiger partial charge in [-0.2, -0.15) is 0 Å². The Labute approximate surface area is 230 Å². The summed E-state index contributed by atoms with van der Waals surface area (Å²) in [5, 5.41) is 11.4.